The summed E-state index contributed by atoms with van der Waals surface area (Å²) in [6, 6.07) is 0. The lowest BCUT2D eigenvalue weighted by Crippen LogP contribution is -2.24. The van der Waals surface area contributed by atoms with Crippen LogP contribution in [0, 0.1) is 0 Å². The average molecular weight is 162 g/mol. The predicted octanol–water partition coefficient (Wildman–Crippen LogP) is -0.857. The molecule has 3 atom stereocenters. The van der Waals surface area contributed by atoms with Crippen molar-refractivity contribution >= 4 is 0 Å². The fourth-order valence-corrected chi connectivity index (χ4v) is 1.27. The Morgan fingerprint density at radius 3 is 2.82 bits per heavy atom. The van der Waals surface area contributed by atoms with Gasteiger partial charge in [0, 0.05) is 13.5 Å². The Hall–Kier alpha value is -0.160. The van der Waals surface area contributed by atoms with Gasteiger partial charge in [0.2, 0.25) is 0 Å². The fraction of sp³-hybridized carbons (Fsp3) is 1.00. The zero-order chi connectivity index (χ0) is 8.27. The molecule has 4 heteroatoms. The van der Waals surface area contributed by atoms with Crippen LogP contribution in [-0.2, 0) is 9.47 Å². The number of methoxy groups -OCH3 is 1. The maximum absolute atomic E-state index is 9.25. The van der Waals surface area contributed by atoms with E-state index in [9.17, 15) is 5.11 Å². The monoisotopic (exact) mass is 162 g/mol. The summed E-state index contributed by atoms with van der Waals surface area (Å²) in [5.41, 5.74) is 0. The number of aliphatic hydroxyl groups excluding tert-OH is 2. The maximum atomic E-state index is 9.25. The normalized spacial score (nSPS) is 37.9. The minimum atomic E-state index is -0.542. The van der Waals surface area contributed by atoms with E-state index in [0.29, 0.717) is 13.0 Å². The van der Waals surface area contributed by atoms with Gasteiger partial charge in [-0.2, -0.15) is 0 Å². The van der Waals surface area contributed by atoms with Gasteiger partial charge in [-0.15, -0.1) is 0 Å². The molecule has 0 saturated carbocycles. The van der Waals surface area contributed by atoms with Gasteiger partial charge in [-0.1, -0.05) is 0 Å². The van der Waals surface area contributed by atoms with Crippen LogP contribution < -0.4 is 0 Å². The van der Waals surface area contributed by atoms with Crippen LogP contribution in [0.4, 0.5) is 0 Å². The Bertz CT molecular complexity index is 117. The second-order valence-corrected chi connectivity index (χ2v) is 2.74. The van der Waals surface area contributed by atoms with Crippen molar-refractivity contribution in [2.24, 2.45) is 0 Å². The summed E-state index contributed by atoms with van der Waals surface area (Å²) in [4.78, 5) is 0. The molecule has 1 saturated heterocycles. The van der Waals surface area contributed by atoms with Gasteiger partial charge < -0.3 is 19.7 Å². The van der Waals surface area contributed by atoms with Gasteiger partial charge in [0.15, 0.2) is 0 Å². The Morgan fingerprint density at radius 2 is 2.36 bits per heavy atom. The van der Waals surface area contributed by atoms with Crippen molar-refractivity contribution in [2.75, 3.05) is 20.3 Å². The molecule has 0 bridgehead atoms. The van der Waals surface area contributed by atoms with E-state index >= 15 is 0 Å². The molecule has 0 aliphatic carbocycles. The van der Waals surface area contributed by atoms with Crippen molar-refractivity contribution in [3.63, 3.8) is 0 Å². The Morgan fingerprint density at radius 1 is 1.64 bits per heavy atom. The Kier molecular flexibility index (Phi) is 3.26. The van der Waals surface area contributed by atoms with E-state index in [2.05, 4.69) is 0 Å². The first-order valence-electron chi connectivity index (χ1n) is 3.71. The molecule has 1 fully saturated rings. The van der Waals surface area contributed by atoms with Gasteiger partial charge in [0.25, 0.3) is 0 Å². The van der Waals surface area contributed by atoms with Gasteiger partial charge in [0.1, 0.15) is 6.10 Å². The summed E-state index contributed by atoms with van der Waals surface area (Å²) in [5, 5.41) is 17.9. The molecule has 66 valence electrons. The summed E-state index contributed by atoms with van der Waals surface area (Å²) in [6.45, 7) is 0.356. The molecule has 0 radical (unpaired) electrons. The topological polar surface area (TPSA) is 58.9 Å². The van der Waals surface area contributed by atoms with E-state index in [1.54, 1.807) is 7.11 Å². The lowest BCUT2D eigenvalue weighted by Gasteiger charge is -2.10. The molecule has 1 unspecified atom stereocenters. The summed E-state index contributed by atoms with van der Waals surface area (Å²) in [6.07, 6.45) is -0.471. The summed E-state index contributed by atoms with van der Waals surface area (Å²) in [7, 11) is 1.59. The van der Waals surface area contributed by atoms with Crippen LogP contribution in [0.15, 0.2) is 0 Å². The number of rotatable bonds is 3. The highest BCUT2D eigenvalue weighted by Crippen LogP contribution is 2.19. The molecule has 1 rings (SSSR count). The highest BCUT2D eigenvalue weighted by atomic mass is 16.6. The van der Waals surface area contributed by atoms with Crippen LogP contribution in [0.3, 0.4) is 0 Å². The van der Waals surface area contributed by atoms with Crippen LogP contribution in [0.2, 0.25) is 0 Å². The first kappa shape index (κ1) is 8.93. The van der Waals surface area contributed by atoms with E-state index in [1.807, 2.05) is 0 Å². The molecule has 1 aliphatic rings. The fourth-order valence-electron chi connectivity index (χ4n) is 1.27. The summed E-state index contributed by atoms with van der Waals surface area (Å²) >= 11 is 0. The highest BCUT2D eigenvalue weighted by molar-refractivity contribution is 4.81. The molecule has 0 amide bonds. The molecule has 0 aromatic carbocycles. The average Bonchev–Trinajstić information content (AvgIpc) is 2.32. The molecule has 1 heterocycles. The Labute approximate surface area is 65.7 Å². The minimum Gasteiger partial charge on any atom is -0.394 e. The van der Waals surface area contributed by atoms with Crippen molar-refractivity contribution in [1.29, 1.82) is 0 Å². The van der Waals surface area contributed by atoms with Gasteiger partial charge in [-0.25, -0.2) is 0 Å². The van der Waals surface area contributed by atoms with Crippen LogP contribution in [0.5, 0.6) is 0 Å². The molecule has 4 nitrogen and oxygen atoms in total. The predicted molar refractivity (Wildman–Crippen MR) is 38.2 cm³/mol. The third kappa shape index (κ3) is 2.13. The van der Waals surface area contributed by atoms with Crippen molar-refractivity contribution in [2.45, 2.75) is 24.7 Å². The lowest BCUT2D eigenvalue weighted by atomic mass is 10.1. The number of hydrogen-bond donors (Lipinski definition) is 2. The molecular formula is C7H14O4. The van der Waals surface area contributed by atoms with Crippen molar-refractivity contribution in [3.8, 4) is 0 Å². The SMILES string of the molecule is COCC1C[C@H](O)[C@@H](CO)O1. The summed E-state index contributed by atoms with van der Waals surface area (Å²) in [5.74, 6) is 0. The number of ether oxygens (including phenoxy) is 2. The standard InChI is InChI=1S/C7H14O4/c1-10-4-5-2-6(9)7(3-8)11-5/h5-9H,2-4H2,1H3/t5?,6-,7+/m0/s1. The van der Waals surface area contributed by atoms with Crippen molar-refractivity contribution < 1.29 is 19.7 Å². The van der Waals surface area contributed by atoms with E-state index < -0.39 is 12.2 Å². The zero-order valence-electron chi connectivity index (χ0n) is 6.56. The first-order chi connectivity index (χ1) is 5.27. The van der Waals surface area contributed by atoms with Gasteiger partial charge >= 0.3 is 0 Å². The molecule has 2 N–H and O–H groups in total. The summed E-state index contributed by atoms with van der Waals surface area (Å²) < 4.78 is 10.1. The van der Waals surface area contributed by atoms with Crippen LogP contribution in [0.25, 0.3) is 0 Å². The first-order valence-corrected chi connectivity index (χ1v) is 3.71. The van der Waals surface area contributed by atoms with Gasteiger partial charge in [-0.05, 0) is 0 Å². The molecule has 1 aliphatic heterocycles. The van der Waals surface area contributed by atoms with Crippen LogP contribution in [-0.4, -0.2) is 48.8 Å². The van der Waals surface area contributed by atoms with E-state index in [1.165, 1.54) is 0 Å². The quantitative estimate of drug-likeness (QED) is 0.567. The van der Waals surface area contributed by atoms with Gasteiger partial charge in [0.05, 0.1) is 25.4 Å². The second-order valence-electron chi connectivity index (χ2n) is 2.74. The smallest absolute Gasteiger partial charge is 0.107 e. The molecule has 0 spiro atoms. The van der Waals surface area contributed by atoms with Crippen LogP contribution >= 0.6 is 0 Å². The third-order valence-corrected chi connectivity index (χ3v) is 1.83. The molecule has 11 heavy (non-hydrogen) atoms. The van der Waals surface area contributed by atoms with Crippen molar-refractivity contribution in [3.05, 3.63) is 0 Å². The minimum absolute atomic E-state index is 0.0628. The molecule has 0 aromatic heterocycles. The zero-order valence-corrected chi connectivity index (χ0v) is 6.56. The highest BCUT2D eigenvalue weighted by Gasteiger charge is 2.32. The van der Waals surface area contributed by atoms with Gasteiger partial charge in [-0.3, -0.25) is 0 Å². The lowest BCUT2D eigenvalue weighted by molar-refractivity contribution is -0.0413. The maximum Gasteiger partial charge on any atom is 0.107 e. The van der Waals surface area contributed by atoms with Crippen LogP contribution in [0.1, 0.15) is 6.42 Å². The third-order valence-electron chi connectivity index (χ3n) is 1.83. The van der Waals surface area contributed by atoms with E-state index in [-0.39, 0.29) is 12.7 Å². The second kappa shape index (κ2) is 4.01. The largest absolute Gasteiger partial charge is 0.394 e. The van der Waals surface area contributed by atoms with E-state index in [4.69, 9.17) is 14.6 Å². The Balaban J connectivity index is 2.30. The number of hydrogen-bond acceptors (Lipinski definition) is 4. The van der Waals surface area contributed by atoms with E-state index in [0.717, 1.165) is 0 Å². The van der Waals surface area contributed by atoms with Crippen molar-refractivity contribution in [1.82, 2.24) is 0 Å². The molecule has 0 aromatic rings. The number of aliphatic hydroxyl groups is 2. The molecular weight excluding hydrogens is 148 g/mol.